The van der Waals surface area contributed by atoms with Gasteiger partial charge >= 0.3 is 6.18 Å². The molecule has 0 saturated carbocycles. The summed E-state index contributed by atoms with van der Waals surface area (Å²) in [5, 5.41) is 0. The van der Waals surface area contributed by atoms with E-state index in [1.807, 2.05) is 0 Å². The van der Waals surface area contributed by atoms with Crippen molar-refractivity contribution in [2.24, 2.45) is 5.73 Å². The Kier molecular flexibility index (Phi) is 3.94. The van der Waals surface area contributed by atoms with Gasteiger partial charge in [0.15, 0.2) is 0 Å². The molecular weight excluding hydrogens is 269 g/mol. The second kappa shape index (κ2) is 5.50. The van der Waals surface area contributed by atoms with Crippen LogP contribution in [0, 0.1) is 0 Å². The number of hydrogen-bond donors (Lipinski definition) is 1. The van der Waals surface area contributed by atoms with Crippen LogP contribution in [0.4, 0.5) is 13.2 Å². The van der Waals surface area contributed by atoms with Crippen molar-refractivity contribution in [3.8, 4) is 17.0 Å². The number of halogens is 3. The molecule has 6 heteroatoms. The van der Waals surface area contributed by atoms with Crippen molar-refractivity contribution in [2.75, 3.05) is 7.11 Å². The number of benzene rings is 1. The first-order chi connectivity index (χ1) is 9.47. The zero-order valence-electron chi connectivity index (χ0n) is 10.7. The van der Waals surface area contributed by atoms with Gasteiger partial charge in [0.25, 0.3) is 0 Å². The van der Waals surface area contributed by atoms with E-state index in [0.29, 0.717) is 5.56 Å². The Morgan fingerprint density at radius 2 is 2.00 bits per heavy atom. The van der Waals surface area contributed by atoms with Crippen LogP contribution in [0.25, 0.3) is 11.3 Å². The summed E-state index contributed by atoms with van der Waals surface area (Å²) in [4.78, 5) is 4.00. The van der Waals surface area contributed by atoms with E-state index in [1.165, 1.54) is 25.4 Å². The summed E-state index contributed by atoms with van der Waals surface area (Å²) in [7, 11) is 1.39. The van der Waals surface area contributed by atoms with Crippen molar-refractivity contribution in [1.29, 1.82) is 0 Å². The molecule has 106 valence electrons. The fourth-order valence-corrected chi connectivity index (χ4v) is 1.92. The molecule has 0 aliphatic carbocycles. The molecule has 1 heterocycles. The Labute approximate surface area is 114 Å². The third kappa shape index (κ3) is 2.75. The molecule has 0 fully saturated rings. The van der Waals surface area contributed by atoms with Gasteiger partial charge in [0.05, 0.1) is 12.7 Å². The lowest BCUT2D eigenvalue weighted by atomic mass is 9.99. The van der Waals surface area contributed by atoms with Crippen molar-refractivity contribution < 1.29 is 17.9 Å². The maximum Gasteiger partial charge on any atom is 0.417 e. The first kappa shape index (κ1) is 14.3. The molecule has 0 aliphatic rings. The van der Waals surface area contributed by atoms with Crippen LogP contribution in [-0.2, 0) is 12.7 Å². The molecule has 0 radical (unpaired) electrons. The van der Waals surface area contributed by atoms with Crippen molar-refractivity contribution in [3.05, 3.63) is 47.7 Å². The normalized spacial score (nSPS) is 11.4. The molecule has 1 aromatic heterocycles. The Morgan fingerprint density at radius 1 is 1.25 bits per heavy atom. The van der Waals surface area contributed by atoms with E-state index < -0.39 is 11.7 Å². The fraction of sp³-hybridized carbons (Fsp3) is 0.214. The minimum absolute atomic E-state index is 0.0297. The minimum atomic E-state index is -4.47. The number of methoxy groups -OCH3 is 1. The summed E-state index contributed by atoms with van der Waals surface area (Å²) in [6.07, 6.45) is -3.04. The van der Waals surface area contributed by atoms with E-state index in [2.05, 4.69) is 4.98 Å². The lowest BCUT2D eigenvalue weighted by molar-refractivity contribution is -0.137. The number of rotatable bonds is 3. The number of nitrogens with two attached hydrogens (primary N) is 1. The summed E-state index contributed by atoms with van der Waals surface area (Å²) < 4.78 is 44.4. The molecular formula is C14H13F3N2O. The van der Waals surface area contributed by atoms with Gasteiger partial charge in [-0.1, -0.05) is 6.07 Å². The van der Waals surface area contributed by atoms with Crippen LogP contribution in [0.15, 0.2) is 36.5 Å². The fourth-order valence-electron chi connectivity index (χ4n) is 1.92. The summed E-state index contributed by atoms with van der Waals surface area (Å²) in [6.45, 7) is 0.153. The average Bonchev–Trinajstić information content (AvgIpc) is 2.45. The van der Waals surface area contributed by atoms with E-state index in [4.69, 9.17) is 10.5 Å². The number of hydrogen-bond acceptors (Lipinski definition) is 3. The van der Waals surface area contributed by atoms with Crippen LogP contribution in [0.5, 0.6) is 5.75 Å². The lowest BCUT2D eigenvalue weighted by Gasteiger charge is -2.15. The third-order valence-corrected chi connectivity index (χ3v) is 2.87. The van der Waals surface area contributed by atoms with Gasteiger partial charge in [-0.15, -0.1) is 0 Å². The summed E-state index contributed by atoms with van der Waals surface area (Å²) in [5.41, 5.74) is 5.45. The number of alkyl halides is 3. The number of ether oxygens (including phenoxy) is 1. The molecule has 0 bridgehead atoms. The van der Waals surface area contributed by atoms with Gasteiger partial charge in [0.2, 0.25) is 0 Å². The molecule has 2 aromatic rings. The molecule has 1 aromatic carbocycles. The van der Waals surface area contributed by atoms with Crippen LogP contribution < -0.4 is 10.5 Å². The smallest absolute Gasteiger partial charge is 0.417 e. The van der Waals surface area contributed by atoms with Gasteiger partial charge in [0.1, 0.15) is 11.4 Å². The number of pyridine rings is 1. The quantitative estimate of drug-likeness (QED) is 0.940. The predicted molar refractivity (Wildman–Crippen MR) is 69.1 cm³/mol. The molecule has 2 rings (SSSR count). The Bertz CT molecular complexity index is 612. The molecule has 3 nitrogen and oxygen atoms in total. The van der Waals surface area contributed by atoms with Crippen molar-refractivity contribution in [3.63, 3.8) is 0 Å². The highest BCUT2D eigenvalue weighted by molar-refractivity contribution is 5.71. The van der Waals surface area contributed by atoms with Crippen LogP contribution >= 0.6 is 0 Å². The van der Waals surface area contributed by atoms with Crippen LogP contribution in [-0.4, -0.2) is 12.1 Å². The standard InChI is InChI=1S/C14H13F3N2O/c1-20-12-3-2-6-19-13(12)10-7-9(8-18)4-5-11(10)14(15,16)17/h2-7H,8,18H2,1H3. The summed E-state index contributed by atoms with van der Waals surface area (Å²) in [6, 6.07) is 6.95. The van der Waals surface area contributed by atoms with E-state index in [0.717, 1.165) is 6.07 Å². The van der Waals surface area contributed by atoms with E-state index >= 15 is 0 Å². The second-order valence-electron chi connectivity index (χ2n) is 4.14. The molecule has 0 aliphatic heterocycles. The van der Waals surface area contributed by atoms with Gasteiger partial charge < -0.3 is 10.5 Å². The number of aromatic nitrogens is 1. The first-order valence-electron chi connectivity index (χ1n) is 5.87. The van der Waals surface area contributed by atoms with Gasteiger partial charge in [0, 0.05) is 18.3 Å². The summed E-state index contributed by atoms with van der Waals surface area (Å²) >= 11 is 0. The van der Waals surface area contributed by atoms with Gasteiger partial charge in [-0.2, -0.15) is 13.2 Å². The Morgan fingerprint density at radius 3 is 2.60 bits per heavy atom. The van der Waals surface area contributed by atoms with Crippen LogP contribution in [0.3, 0.4) is 0 Å². The zero-order valence-corrected chi connectivity index (χ0v) is 10.7. The summed E-state index contributed by atoms with van der Waals surface area (Å²) in [5.74, 6) is 0.284. The van der Waals surface area contributed by atoms with Crippen molar-refractivity contribution >= 4 is 0 Å². The SMILES string of the molecule is COc1cccnc1-c1cc(CN)ccc1C(F)(F)F. The van der Waals surface area contributed by atoms with E-state index in [9.17, 15) is 13.2 Å². The van der Waals surface area contributed by atoms with Gasteiger partial charge in [-0.3, -0.25) is 4.98 Å². The number of nitrogens with zero attached hydrogens (tertiary/aromatic N) is 1. The third-order valence-electron chi connectivity index (χ3n) is 2.87. The molecule has 0 atom stereocenters. The first-order valence-corrected chi connectivity index (χ1v) is 5.87. The lowest BCUT2D eigenvalue weighted by Crippen LogP contribution is -2.09. The highest BCUT2D eigenvalue weighted by Gasteiger charge is 2.34. The topological polar surface area (TPSA) is 48.1 Å². The van der Waals surface area contributed by atoms with Gasteiger partial charge in [-0.05, 0) is 29.8 Å². The average molecular weight is 282 g/mol. The van der Waals surface area contributed by atoms with Crippen molar-refractivity contribution in [2.45, 2.75) is 12.7 Å². The molecule has 0 amide bonds. The maximum absolute atomic E-state index is 13.1. The molecule has 2 N–H and O–H groups in total. The Hall–Kier alpha value is -2.08. The Balaban J connectivity index is 2.70. The highest BCUT2D eigenvalue weighted by Crippen LogP contribution is 2.39. The minimum Gasteiger partial charge on any atom is -0.494 e. The zero-order chi connectivity index (χ0) is 14.8. The highest BCUT2D eigenvalue weighted by atomic mass is 19.4. The van der Waals surface area contributed by atoms with E-state index in [1.54, 1.807) is 12.1 Å². The van der Waals surface area contributed by atoms with Crippen LogP contribution in [0.2, 0.25) is 0 Å². The van der Waals surface area contributed by atoms with Crippen LogP contribution in [0.1, 0.15) is 11.1 Å². The largest absolute Gasteiger partial charge is 0.494 e. The molecule has 20 heavy (non-hydrogen) atoms. The molecule has 0 saturated heterocycles. The molecule has 0 spiro atoms. The predicted octanol–water partition coefficient (Wildman–Crippen LogP) is 3.23. The second-order valence-corrected chi connectivity index (χ2v) is 4.14. The maximum atomic E-state index is 13.1. The monoisotopic (exact) mass is 282 g/mol. The molecule has 0 unspecified atom stereocenters. The van der Waals surface area contributed by atoms with Crippen molar-refractivity contribution in [1.82, 2.24) is 4.98 Å². The van der Waals surface area contributed by atoms with Gasteiger partial charge in [-0.25, -0.2) is 0 Å². The van der Waals surface area contributed by atoms with E-state index in [-0.39, 0.29) is 23.6 Å².